The summed E-state index contributed by atoms with van der Waals surface area (Å²) >= 11 is 6.03. The maximum atomic E-state index is 6.03. The van der Waals surface area contributed by atoms with Crippen LogP contribution in [0.15, 0.2) is 30.6 Å². The Balaban J connectivity index is 1.69. The molecule has 0 fully saturated rings. The molecule has 0 aromatic carbocycles. The van der Waals surface area contributed by atoms with Gasteiger partial charge in [-0.25, -0.2) is 9.97 Å². The number of aryl methyl sites for hydroxylation is 2. The number of halogens is 1. The van der Waals surface area contributed by atoms with Crippen LogP contribution in [0.3, 0.4) is 0 Å². The fraction of sp³-hybridized carbons (Fsp3) is 0.250. The van der Waals surface area contributed by atoms with Crippen LogP contribution in [0, 0.1) is 0 Å². The number of hydrogen-bond donors (Lipinski definition) is 2. The zero-order chi connectivity index (χ0) is 14.2. The van der Waals surface area contributed by atoms with Gasteiger partial charge in [-0.15, -0.1) is 0 Å². The highest BCUT2D eigenvalue weighted by atomic mass is 35.5. The molecule has 0 amide bonds. The summed E-state index contributed by atoms with van der Waals surface area (Å²) in [4.78, 5) is 12.1. The van der Waals surface area contributed by atoms with E-state index in [9.17, 15) is 0 Å². The number of aromatic amines is 1. The van der Waals surface area contributed by atoms with Crippen LogP contribution in [-0.2, 0) is 12.8 Å². The van der Waals surface area contributed by atoms with E-state index in [2.05, 4.69) is 21.4 Å². The van der Waals surface area contributed by atoms with Gasteiger partial charge in [-0.1, -0.05) is 17.7 Å². The van der Waals surface area contributed by atoms with E-state index in [1.54, 1.807) is 6.20 Å². The molecule has 4 nitrogen and oxygen atoms in total. The summed E-state index contributed by atoms with van der Waals surface area (Å²) in [6, 6.07) is 6.13. The lowest BCUT2D eigenvalue weighted by molar-refractivity contribution is 0.669. The van der Waals surface area contributed by atoms with Crippen LogP contribution in [0.25, 0.3) is 11.0 Å². The number of hydrogen-bond acceptors (Lipinski definition) is 3. The smallest absolute Gasteiger partial charge is 0.139 e. The van der Waals surface area contributed by atoms with Gasteiger partial charge in [0.15, 0.2) is 0 Å². The molecule has 106 valence electrons. The highest BCUT2D eigenvalue weighted by Gasteiger charge is 2.12. The second-order valence-electron chi connectivity index (χ2n) is 5.39. The van der Waals surface area contributed by atoms with E-state index < -0.39 is 0 Å². The van der Waals surface area contributed by atoms with Gasteiger partial charge in [0, 0.05) is 23.5 Å². The molecule has 0 spiro atoms. The van der Waals surface area contributed by atoms with E-state index in [1.165, 1.54) is 24.1 Å². The maximum absolute atomic E-state index is 6.03. The predicted octanol–water partition coefficient (Wildman–Crippen LogP) is 4.23. The summed E-state index contributed by atoms with van der Waals surface area (Å²) in [5, 5.41) is 4.97. The molecule has 2 N–H and O–H groups in total. The molecule has 5 heteroatoms. The van der Waals surface area contributed by atoms with Crippen molar-refractivity contribution >= 4 is 34.1 Å². The van der Waals surface area contributed by atoms with Crippen molar-refractivity contribution in [1.82, 2.24) is 15.0 Å². The Labute approximate surface area is 127 Å². The number of H-pyrrole nitrogens is 1. The lowest BCUT2D eigenvalue weighted by atomic mass is 9.96. The third kappa shape index (κ3) is 2.36. The first-order valence-electron chi connectivity index (χ1n) is 7.18. The van der Waals surface area contributed by atoms with Crippen molar-refractivity contribution in [3.63, 3.8) is 0 Å². The van der Waals surface area contributed by atoms with E-state index in [0.29, 0.717) is 5.02 Å². The monoisotopic (exact) mass is 298 g/mol. The normalized spacial score (nSPS) is 14.1. The molecule has 3 aromatic heterocycles. The maximum Gasteiger partial charge on any atom is 0.139 e. The predicted molar refractivity (Wildman–Crippen MR) is 85.3 cm³/mol. The van der Waals surface area contributed by atoms with Crippen LogP contribution < -0.4 is 5.32 Å². The van der Waals surface area contributed by atoms with Crippen molar-refractivity contribution in [2.24, 2.45) is 0 Å². The summed E-state index contributed by atoms with van der Waals surface area (Å²) < 4.78 is 0. The summed E-state index contributed by atoms with van der Waals surface area (Å²) in [5.41, 5.74) is 4.38. The van der Waals surface area contributed by atoms with Crippen LogP contribution in [0.5, 0.6) is 0 Å². The van der Waals surface area contributed by atoms with Crippen LogP contribution in [-0.4, -0.2) is 15.0 Å². The zero-order valence-corrected chi connectivity index (χ0v) is 12.2. The third-order valence-electron chi connectivity index (χ3n) is 3.94. The van der Waals surface area contributed by atoms with Crippen molar-refractivity contribution in [2.75, 3.05) is 5.32 Å². The molecule has 0 unspecified atom stereocenters. The van der Waals surface area contributed by atoms with Gasteiger partial charge >= 0.3 is 0 Å². The standard InChI is InChI=1S/C16H15ClN4/c17-11-7-12-14(9-19-16(12)18-8-11)21-15-6-5-10-3-1-2-4-13(10)20-15/h5-9H,1-4H2,(H,18,19)(H,20,21). The average molecular weight is 299 g/mol. The quantitative estimate of drug-likeness (QED) is 0.744. The molecule has 0 atom stereocenters. The van der Waals surface area contributed by atoms with Gasteiger partial charge in [-0.2, -0.15) is 0 Å². The summed E-state index contributed by atoms with van der Waals surface area (Å²) in [6.45, 7) is 0. The Kier molecular flexibility index (Phi) is 3.04. The Bertz CT molecular complexity index is 809. The molecule has 0 saturated carbocycles. The number of nitrogens with one attached hydrogen (secondary N) is 2. The lowest BCUT2D eigenvalue weighted by Crippen LogP contribution is -2.06. The van der Waals surface area contributed by atoms with Crippen molar-refractivity contribution in [3.8, 4) is 0 Å². The number of nitrogens with zero attached hydrogens (tertiary/aromatic N) is 2. The second-order valence-corrected chi connectivity index (χ2v) is 5.82. The molecule has 0 radical (unpaired) electrons. The SMILES string of the molecule is Clc1cnc2[nH]cc(Nc3ccc4c(n3)CCCC4)c2c1. The molecule has 1 aliphatic rings. The summed E-state index contributed by atoms with van der Waals surface area (Å²) in [5.74, 6) is 0.872. The van der Waals surface area contributed by atoms with Crippen LogP contribution in [0.1, 0.15) is 24.1 Å². The van der Waals surface area contributed by atoms with E-state index in [0.717, 1.165) is 35.4 Å². The number of fused-ring (bicyclic) bond motifs is 2. The van der Waals surface area contributed by atoms with E-state index in [4.69, 9.17) is 16.6 Å². The number of rotatable bonds is 2. The number of anilines is 2. The van der Waals surface area contributed by atoms with Gasteiger partial charge < -0.3 is 10.3 Å². The van der Waals surface area contributed by atoms with Crippen LogP contribution >= 0.6 is 11.6 Å². The van der Waals surface area contributed by atoms with Gasteiger partial charge in [0.05, 0.1) is 10.7 Å². The minimum atomic E-state index is 0.628. The molecule has 3 aromatic rings. The van der Waals surface area contributed by atoms with Crippen LogP contribution in [0.4, 0.5) is 11.5 Å². The minimum absolute atomic E-state index is 0.628. The molecule has 21 heavy (non-hydrogen) atoms. The van der Waals surface area contributed by atoms with Gasteiger partial charge in [0.2, 0.25) is 0 Å². The average Bonchev–Trinajstić information content (AvgIpc) is 2.89. The minimum Gasteiger partial charge on any atom is -0.344 e. The summed E-state index contributed by atoms with van der Waals surface area (Å²) in [6.07, 6.45) is 8.27. The van der Waals surface area contributed by atoms with E-state index in [1.807, 2.05) is 18.3 Å². The molecular weight excluding hydrogens is 284 g/mol. The first kappa shape index (κ1) is 12.7. The molecule has 4 rings (SSSR count). The van der Waals surface area contributed by atoms with Gasteiger partial charge in [-0.3, -0.25) is 0 Å². The van der Waals surface area contributed by atoms with Crippen molar-refractivity contribution in [2.45, 2.75) is 25.7 Å². The van der Waals surface area contributed by atoms with E-state index >= 15 is 0 Å². The van der Waals surface area contributed by atoms with Crippen LogP contribution in [0.2, 0.25) is 5.02 Å². The first-order valence-corrected chi connectivity index (χ1v) is 7.56. The second kappa shape index (κ2) is 5.04. The van der Waals surface area contributed by atoms with Gasteiger partial charge in [0.1, 0.15) is 11.5 Å². The fourth-order valence-corrected chi connectivity index (χ4v) is 3.03. The Morgan fingerprint density at radius 3 is 3.05 bits per heavy atom. The molecule has 1 aliphatic carbocycles. The highest BCUT2D eigenvalue weighted by Crippen LogP contribution is 2.28. The topological polar surface area (TPSA) is 53.6 Å². The van der Waals surface area contributed by atoms with E-state index in [-0.39, 0.29) is 0 Å². The fourth-order valence-electron chi connectivity index (χ4n) is 2.87. The van der Waals surface area contributed by atoms with Gasteiger partial charge in [0.25, 0.3) is 0 Å². The largest absolute Gasteiger partial charge is 0.344 e. The molecule has 0 aliphatic heterocycles. The summed E-state index contributed by atoms with van der Waals surface area (Å²) in [7, 11) is 0. The molecule has 0 bridgehead atoms. The Morgan fingerprint density at radius 2 is 2.10 bits per heavy atom. The van der Waals surface area contributed by atoms with Crippen molar-refractivity contribution in [1.29, 1.82) is 0 Å². The lowest BCUT2D eigenvalue weighted by Gasteiger charge is -2.15. The Morgan fingerprint density at radius 1 is 1.19 bits per heavy atom. The molecule has 3 heterocycles. The van der Waals surface area contributed by atoms with Crippen molar-refractivity contribution in [3.05, 3.63) is 46.9 Å². The molecule has 0 saturated heterocycles. The number of aromatic nitrogens is 3. The third-order valence-corrected chi connectivity index (χ3v) is 4.15. The highest BCUT2D eigenvalue weighted by molar-refractivity contribution is 6.31. The van der Waals surface area contributed by atoms with Crippen molar-refractivity contribution < 1.29 is 0 Å². The molecular formula is C16H15ClN4. The Hall–Kier alpha value is -2.07. The zero-order valence-electron chi connectivity index (χ0n) is 11.5. The van der Waals surface area contributed by atoms with Gasteiger partial charge in [-0.05, 0) is 43.4 Å². The number of pyridine rings is 2. The first-order chi connectivity index (χ1) is 10.3.